The van der Waals surface area contributed by atoms with Gasteiger partial charge in [-0.1, -0.05) is 0 Å². The average Bonchev–Trinajstić information content (AvgIpc) is 3.02. The topological polar surface area (TPSA) is 88.8 Å². The molecule has 0 radical (unpaired) electrons. The van der Waals surface area contributed by atoms with Crippen LogP contribution in [0.2, 0.25) is 0 Å². The molecule has 0 bridgehead atoms. The van der Waals surface area contributed by atoms with Gasteiger partial charge in [0.1, 0.15) is 18.1 Å². The minimum atomic E-state index is -3.59. The second kappa shape index (κ2) is 6.84. The van der Waals surface area contributed by atoms with Crippen molar-refractivity contribution in [1.29, 1.82) is 0 Å². The van der Waals surface area contributed by atoms with Gasteiger partial charge in [0, 0.05) is 26.7 Å². The minimum absolute atomic E-state index is 0.0856. The Morgan fingerprint density at radius 2 is 1.83 bits per heavy atom. The van der Waals surface area contributed by atoms with E-state index in [0.717, 1.165) is 4.31 Å². The van der Waals surface area contributed by atoms with Crippen molar-refractivity contribution in [3.05, 3.63) is 47.7 Å². The second-order valence-electron chi connectivity index (χ2n) is 4.90. The Labute approximate surface area is 134 Å². The molecule has 0 spiro atoms. The van der Waals surface area contributed by atoms with Crippen LogP contribution in [0.4, 0.5) is 0 Å². The Bertz CT molecular complexity index is 778. The molecule has 0 fully saturated rings. The average molecular weight is 338 g/mol. The largest absolute Gasteiger partial charge is 0.486 e. The molecule has 1 amide bonds. The lowest BCUT2D eigenvalue weighted by Crippen LogP contribution is -2.21. The Hall–Kier alpha value is -2.32. The Balaban J connectivity index is 2.02. The number of amides is 1. The van der Waals surface area contributed by atoms with Crippen LogP contribution in [0.25, 0.3) is 0 Å². The predicted octanol–water partition coefficient (Wildman–Crippen LogP) is 1.47. The molecule has 0 saturated heterocycles. The lowest BCUT2D eigenvalue weighted by molar-refractivity contribution is 0.0963. The SMILES string of the molecule is CNC(=O)c1ccc(OCc2ccc(S(=O)(=O)N(C)C)o2)cc1. The number of furan rings is 1. The molecule has 0 atom stereocenters. The fourth-order valence-electron chi connectivity index (χ4n) is 1.76. The highest BCUT2D eigenvalue weighted by molar-refractivity contribution is 7.88. The van der Waals surface area contributed by atoms with E-state index in [1.807, 2.05) is 0 Å². The molecule has 1 heterocycles. The van der Waals surface area contributed by atoms with Crippen LogP contribution in [0.1, 0.15) is 16.1 Å². The number of hydrogen-bond acceptors (Lipinski definition) is 5. The van der Waals surface area contributed by atoms with Gasteiger partial charge in [-0.05, 0) is 36.4 Å². The number of carbonyl (C=O) groups excluding carboxylic acids is 1. The summed E-state index contributed by atoms with van der Waals surface area (Å²) in [6, 6.07) is 9.53. The molecule has 2 rings (SSSR count). The van der Waals surface area contributed by atoms with Crippen molar-refractivity contribution < 1.29 is 22.4 Å². The van der Waals surface area contributed by atoms with Gasteiger partial charge in [0.05, 0.1) is 0 Å². The third-order valence-electron chi connectivity index (χ3n) is 3.10. The highest BCUT2D eigenvalue weighted by atomic mass is 32.2. The van der Waals surface area contributed by atoms with Gasteiger partial charge in [-0.25, -0.2) is 12.7 Å². The lowest BCUT2D eigenvalue weighted by atomic mass is 10.2. The predicted molar refractivity (Wildman–Crippen MR) is 83.7 cm³/mol. The monoisotopic (exact) mass is 338 g/mol. The van der Waals surface area contributed by atoms with E-state index >= 15 is 0 Å². The Morgan fingerprint density at radius 1 is 1.17 bits per heavy atom. The highest BCUT2D eigenvalue weighted by Gasteiger charge is 2.21. The van der Waals surface area contributed by atoms with Gasteiger partial charge >= 0.3 is 0 Å². The number of ether oxygens (including phenoxy) is 1. The molecular formula is C15H18N2O5S. The summed E-state index contributed by atoms with van der Waals surface area (Å²) < 4.78 is 35.7. The van der Waals surface area contributed by atoms with Crippen LogP contribution in [-0.2, 0) is 16.6 Å². The van der Waals surface area contributed by atoms with Crippen LogP contribution in [0, 0.1) is 0 Å². The maximum absolute atomic E-state index is 11.9. The number of hydrogen-bond donors (Lipinski definition) is 1. The van der Waals surface area contributed by atoms with Crippen LogP contribution in [0.15, 0.2) is 45.9 Å². The molecule has 0 saturated carbocycles. The summed E-state index contributed by atoms with van der Waals surface area (Å²) in [4.78, 5) is 11.4. The number of rotatable bonds is 6. The quantitative estimate of drug-likeness (QED) is 0.861. The van der Waals surface area contributed by atoms with Gasteiger partial charge in [0.2, 0.25) is 5.09 Å². The van der Waals surface area contributed by atoms with Gasteiger partial charge in [0.25, 0.3) is 15.9 Å². The van der Waals surface area contributed by atoms with Crippen molar-refractivity contribution in [3.8, 4) is 5.75 Å². The van der Waals surface area contributed by atoms with Crippen LogP contribution in [-0.4, -0.2) is 39.8 Å². The molecule has 0 aliphatic rings. The molecule has 0 unspecified atom stereocenters. The smallest absolute Gasteiger partial charge is 0.275 e. The maximum atomic E-state index is 11.9. The van der Waals surface area contributed by atoms with Crippen molar-refractivity contribution in [2.75, 3.05) is 21.1 Å². The van der Waals surface area contributed by atoms with Crippen molar-refractivity contribution in [2.24, 2.45) is 0 Å². The molecule has 7 nitrogen and oxygen atoms in total. The van der Waals surface area contributed by atoms with Gasteiger partial charge in [-0.2, -0.15) is 0 Å². The molecule has 0 aliphatic carbocycles. The van der Waals surface area contributed by atoms with E-state index in [9.17, 15) is 13.2 Å². The van der Waals surface area contributed by atoms with Crippen LogP contribution < -0.4 is 10.1 Å². The first-order valence-corrected chi connectivity index (χ1v) is 8.25. The lowest BCUT2D eigenvalue weighted by Gasteiger charge is -2.08. The zero-order chi connectivity index (χ0) is 17.0. The minimum Gasteiger partial charge on any atom is -0.486 e. The molecule has 1 N–H and O–H groups in total. The van der Waals surface area contributed by atoms with Crippen LogP contribution >= 0.6 is 0 Å². The van der Waals surface area contributed by atoms with E-state index < -0.39 is 10.0 Å². The van der Waals surface area contributed by atoms with E-state index in [1.165, 1.54) is 20.2 Å². The summed E-state index contributed by atoms with van der Waals surface area (Å²) in [5.74, 6) is 0.757. The number of sulfonamides is 1. The molecule has 1 aromatic carbocycles. The summed E-state index contributed by atoms with van der Waals surface area (Å²) in [6.07, 6.45) is 0. The molecule has 124 valence electrons. The summed E-state index contributed by atoms with van der Waals surface area (Å²) in [5, 5.41) is 2.40. The summed E-state index contributed by atoms with van der Waals surface area (Å²) in [7, 11) is 0.833. The standard InChI is InChI=1S/C15H18N2O5S/c1-16-15(18)11-4-6-12(7-5-11)21-10-13-8-9-14(22-13)23(19,20)17(2)3/h4-9H,10H2,1-3H3,(H,16,18). The molecule has 8 heteroatoms. The first kappa shape index (κ1) is 17.0. The second-order valence-corrected chi connectivity index (χ2v) is 6.98. The third kappa shape index (κ3) is 3.91. The molecule has 1 aromatic heterocycles. The summed E-state index contributed by atoms with van der Waals surface area (Å²) in [6.45, 7) is 0.0856. The van der Waals surface area contributed by atoms with Crippen LogP contribution in [0.3, 0.4) is 0 Å². The van der Waals surface area contributed by atoms with Gasteiger partial charge in [0.15, 0.2) is 0 Å². The zero-order valence-corrected chi connectivity index (χ0v) is 13.9. The van der Waals surface area contributed by atoms with Crippen molar-refractivity contribution >= 4 is 15.9 Å². The molecule has 0 aliphatic heterocycles. The summed E-state index contributed by atoms with van der Waals surface area (Å²) in [5.41, 5.74) is 0.525. The summed E-state index contributed by atoms with van der Waals surface area (Å²) >= 11 is 0. The number of nitrogens with one attached hydrogen (secondary N) is 1. The fraction of sp³-hybridized carbons (Fsp3) is 0.267. The van der Waals surface area contributed by atoms with Gasteiger partial charge in [-0.15, -0.1) is 0 Å². The van der Waals surface area contributed by atoms with E-state index in [4.69, 9.17) is 9.15 Å². The fourth-order valence-corrected chi connectivity index (χ4v) is 2.57. The van der Waals surface area contributed by atoms with Crippen molar-refractivity contribution in [2.45, 2.75) is 11.7 Å². The first-order valence-electron chi connectivity index (χ1n) is 6.81. The Kier molecular flexibility index (Phi) is 5.07. The van der Waals surface area contributed by atoms with Gasteiger partial charge < -0.3 is 14.5 Å². The normalized spacial score (nSPS) is 11.5. The Morgan fingerprint density at radius 3 is 2.39 bits per heavy atom. The van der Waals surface area contributed by atoms with Gasteiger partial charge in [-0.3, -0.25) is 4.79 Å². The van der Waals surface area contributed by atoms with E-state index in [1.54, 1.807) is 37.4 Å². The highest BCUT2D eigenvalue weighted by Crippen LogP contribution is 2.19. The first-order chi connectivity index (χ1) is 10.8. The van der Waals surface area contributed by atoms with Crippen molar-refractivity contribution in [3.63, 3.8) is 0 Å². The van der Waals surface area contributed by atoms with Crippen LogP contribution in [0.5, 0.6) is 5.75 Å². The van der Waals surface area contributed by atoms with E-state index in [2.05, 4.69) is 5.32 Å². The van der Waals surface area contributed by atoms with E-state index in [-0.39, 0.29) is 17.6 Å². The number of nitrogens with zero attached hydrogens (tertiary/aromatic N) is 1. The van der Waals surface area contributed by atoms with E-state index in [0.29, 0.717) is 17.1 Å². The number of carbonyl (C=O) groups is 1. The molecule has 2 aromatic rings. The molecule has 23 heavy (non-hydrogen) atoms. The van der Waals surface area contributed by atoms with Crippen molar-refractivity contribution in [1.82, 2.24) is 9.62 Å². The third-order valence-corrected chi connectivity index (χ3v) is 4.79. The maximum Gasteiger partial charge on any atom is 0.275 e. The number of benzene rings is 1. The zero-order valence-electron chi connectivity index (χ0n) is 13.1. The molecular weight excluding hydrogens is 320 g/mol.